The van der Waals surface area contributed by atoms with Crippen LogP contribution in [0.15, 0.2) is 12.1 Å². The van der Waals surface area contributed by atoms with Crippen LogP contribution < -0.4 is 9.47 Å². The first kappa shape index (κ1) is 19.3. The highest BCUT2D eigenvalue weighted by Gasteiger charge is 2.21. The summed E-state index contributed by atoms with van der Waals surface area (Å²) in [6, 6.07) is 2.91. The highest BCUT2D eigenvalue weighted by Crippen LogP contribution is 2.37. The lowest BCUT2D eigenvalue weighted by Gasteiger charge is -2.26. The van der Waals surface area contributed by atoms with Gasteiger partial charge < -0.3 is 23.8 Å². The molecular formula is C17H22ClNO6. The number of benzene rings is 1. The van der Waals surface area contributed by atoms with E-state index in [0.717, 1.165) is 0 Å². The van der Waals surface area contributed by atoms with E-state index in [0.29, 0.717) is 37.8 Å². The first-order chi connectivity index (χ1) is 11.9. The lowest BCUT2D eigenvalue weighted by Crippen LogP contribution is -2.42. The van der Waals surface area contributed by atoms with E-state index in [2.05, 4.69) is 0 Å². The maximum atomic E-state index is 12.2. The van der Waals surface area contributed by atoms with Crippen LogP contribution in [-0.4, -0.2) is 62.9 Å². The molecule has 1 amide bonds. The molecule has 7 nitrogen and oxygen atoms in total. The van der Waals surface area contributed by atoms with Crippen LogP contribution in [0, 0.1) is 0 Å². The van der Waals surface area contributed by atoms with Gasteiger partial charge in [0.25, 0.3) is 5.91 Å². The first-order valence-electron chi connectivity index (χ1n) is 7.99. The van der Waals surface area contributed by atoms with Gasteiger partial charge in [-0.25, -0.2) is 4.79 Å². The third-order valence-corrected chi connectivity index (χ3v) is 3.79. The lowest BCUT2D eigenvalue weighted by molar-refractivity contribution is -0.138. The van der Waals surface area contributed by atoms with Crippen LogP contribution in [-0.2, 0) is 14.3 Å². The number of hydrogen-bond acceptors (Lipinski definition) is 6. The summed E-state index contributed by atoms with van der Waals surface area (Å²) in [4.78, 5) is 25.8. The molecule has 0 aromatic heterocycles. The number of carbonyl (C=O) groups is 2. The van der Waals surface area contributed by atoms with Crippen molar-refractivity contribution in [3.05, 3.63) is 22.7 Å². The summed E-state index contributed by atoms with van der Waals surface area (Å²) < 4.78 is 21.1. The molecule has 0 unspecified atom stereocenters. The van der Waals surface area contributed by atoms with Crippen LogP contribution >= 0.6 is 11.6 Å². The minimum absolute atomic E-state index is 0.102. The molecule has 1 heterocycles. The van der Waals surface area contributed by atoms with Gasteiger partial charge in [-0.3, -0.25) is 4.79 Å². The molecule has 2 rings (SSSR count). The molecule has 1 aliphatic rings. The number of rotatable bonds is 6. The van der Waals surface area contributed by atoms with Crippen LogP contribution in [0.3, 0.4) is 0 Å². The van der Waals surface area contributed by atoms with Crippen molar-refractivity contribution in [1.29, 1.82) is 0 Å². The predicted octanol–water partition coefficient (Wildman–Crippen LogP) is 2.15. The van der Waals surface area contributed by atoms with Crippen molar-refractivity contribution in [2.45, 2.75) is 20.0 Å². The fourth-order valence-electron chi connectivity index (χ4n) is 2.30. The van der Waals surface area contributed by atoms with Crippen LogP contribution in [0.5, 0.6) is 11.5 Å². The van der Waals surface area contributed by atoms with Gasteiger partial charge in [-0.05, 0) is 26.0 Å². The highest BCUT2D eigenvalue weighted by atomic mass is 35.5. The standard InChI is InChI=1S/C17H22ClNO6/c1-11(2)25-16-13(18)8-12(9-14(16)22-3)17(21)24-10-15(20)19-4-6-23-7-5-19/h8-9,11H,4-7,10H2,1-3H3. The van der Waals surface area contributed by atoms with E-state index in [1.54, 1.807) is 4.90 Å². The molecule has 0 radical (unpaired) electrons. The highest BCUT2D eigenvalue weighted by molar-refractivity contribution is 6.32. The van der Waals surface area contributed by atoms with Crippen molar-refractivity contribution in [2.75, 3.05) is 40.0 Å². The van der Waals surface area contributed by atoms with Gasteiger partial charge in [-0.15, -0.1) is 0 Å². The van der Waals surface area contributed by atoms with Crippen molar-refractivity contribution in [3.63, 3.8) is 0 Å². The molecule has 0 N–H and O–H groups in total. The van der Waals surface area contributed by atoms with Crippen molar-refractivity contribution >= 4 is 23.5 Å². The van der Waals surface area contributed by atoms with E-state index in [1.807, 2.05) is 13.8 Å². The van der Waals surface area contributed by atoms with E-state index >= 15 is 0 Å². The second kappa shape index (κ2) is 8.92. The van der Waals surface area contributed by atoms with Gasteiger partial charge in [-0.2, -0.15) is 0 Å². The second-order valence-electron chi connectivity index (χ2n) is 5.73. The summed E-state index contributed by atoms with van der Waals surface area (Å²) in [6.07, 6.45) is -0.102. The molecule has 0 aliphatic carbocycles. The van der Waals surface area contributed by atoms with Gasteiger partial charge in [0.15, 0.2) is 18.1 Å². The Morgan fingerprint density at radius 2 is 1.96 bits per heavy atom. The summed E-state index contributed by atoms with van der Waals surface area (Å²) in [5.41, 5.74) is 0.188. The van der Waals surface area contributed by atoms with Crippen LogP contribution in [0.4, 0.5) is 0 Å². The molecule has 1 aromatic rings. The topological polar surface area (TPSA) is 74.3 Å². The lowest BCUT2D eigenvalue weighted by atomic mass is 10.2. The Balaban J connectivity index is 2.03. The van der Waals surface area contributed by atoms with Crippen LogP contribution in [0.2, 0.25) is 5.02 Å². The average molecular weight is 372 g/mol. The van der Waals surface area contributed by atoms with Gasteiger partial charge in [0.1, 0.15) is 0 Å². The molecule has 25 heavy (non-hydrogen) atoms. The number of halogens is 1. The van der Waals surface area contributed by atoms with Crippen LogP contribution in [0.25, 0.3) is 0 Å². The fraction of sp³-hybridized carbons (Fsp3) is 0.529. The van der Waals surface area contributed by atoms with Gasteiger partial charge in [0.2, 0.25) is 0 Å². The zero-order chi connectivity index (χ0) is 18.4. The Morgan fingerprint density at radius 1 is 1.28 bits per heavy atom. The van der Waals surface area contributed by atoms with Crippen molar-refractivity contribution < 1.29 is 28.5 Å². The zero-order valence-electron chi connectivity index (χ0n) is 14.5. The number of amides is 1. The first-order valence-corrected chi connectivity index (χ1v) is 8.37. The number of carbonyl (C=O) groups excluding carboxylic acids is 2. The van der Waals surface area contributed by atoms with Crippen molar-refractivity contribution in [1.82, 2.24) is 4.90 Å². The fourth-order valence-corrected chi connectivity index (χ4v) is 2.56. The Kier molecular flexibility index (Phi) is 6.90. The van der Waals surface area contributed by atoms with Gasteiger partial charge >= 0.3 is 5.97 Å². The Labute approximate surface area is 151 Å². The molecule has 0 atom stereocenters. The van der Waals surface area contributed by atoms with E-state index in [4.69, 9.17) is 30.5 Å². The maximum Gasteiger partial charge on any atom is 0.338 e. The van der Waals surface area contributed by atoms with E-state index in [1.165, 1.54) is 19.2 Å². The molecule has 1 aliphatic heterocycles. The van der Waals surface area contributed by atoms with E-state index in [9.17, 15) is 9.59 Å². The number of hydrogen-bond donors (Lipinski definition) is 0. The largest absolute Gasteiger partial charge is 0.493 e. The quantitative estimate of drug-likeness (QED) is 0.713. The second-order valence-corrected chi connectivity index (χ2v) is 6.13. The minimum atomic E-state index is -0.655. The van der Waals surface area contributed by atoms with Crippen molar-refractivity contribution in [3.8, 4) is 11.5 Å². The number of nitrogens with zero attached hydrogens (tertiary/aromatic N) is 1. The minimum Gasteiger partial charge on any atom is -0.493 e. The van der Waals surface area contributed by atoms with Crippen molar-refractivity contribution in [2.24, 2.45) is 0 Å². The molecule has 0 saturated carbocycles. The zero-order valence-corrected chi connectivity index (χ0v) is 15.3. The molecular weight excluding hydrogens is 350 g/mol. The predicted molar refractivity (Wildman–Crippen MR) is 91.4 cm³/mol. The Morgan fingerprint density at radius 3 is 2.56 bits per heavy atom. The average Bonchev–Trinajstić information content (AvgIpc) is 2.61. The monoisotopic (exact) mass is 371 g/mol. The molecule has 1 saturated heterocycles. The van der Waals surface area contributed by atoms with E-state index in [-0.39, 0.29) is 29.2 Å². The molecule has 138 valence electrons. The number of ether oxygens (including phenoxy) is 4. The maximum absolute atomic E-state index is 12.2. The van der Waals surface area contributed by atoms with E-state index < -0.39 is 5.97 Å². The third-order valence-electron chi connectivity index (χ3n) is 3.51. The Hall–Kier alpha value is -1.99. The normalized spacial score (nSPS) is 14.4. The molecule has 0 spiro atoms. The molecule has 8 heteroatoms. The summed E-state index contributed by atoms with van der Waals surface area (Å²) in [7, 11) is 1.45. The molecule has 1 aromatic carbocycles. The number of methoxy groups -OCH3 is 1. The molecule has 1 fully saturated rings. The number of morpholine rings is 1. The number of esters is 1. The molecule has 0 bridgehead atoms. The summed E-state index contributed by atoms with van der Waals surface area (Å²) in [5.74, 6) is -0.222. The SMILES string of the molecule is COc1cc(C(=O)OCC(=O)N2CCOCC2)cc(Cl)c1OC(C)C. The summed E-state index contributed by atoms with van der Waals surface area (Å²) in [5, 5.41) is 0.236. The summed E-state index contributed by atoms with van der Waals surface area (Å²) >= 11 is 6.18. The summed E-state index contributed by atoms with van der Waals surface area (Å²) in [6.45, 7) is 5.36. The third kappa shape index (κ3) is 5.24. The van der Waals surface area contributed by atoms with Gasteiger partial charge in [-0.1, -0.05) is 11.6 Å². The van der Waals surface area contributed by atoms with Gasteiger partial charge in [0.05, 0.1) is 37.0 Å². The Bertz CT molecular complexity index is 628. The van der Waals surface area contributed by atoms with Crippen LogP contribution in [0.1, 0.15) is 24.2 Å². The van der Waals surface area contributed by atoms with Gasteiger partial charge in [0, 0.05) is 13.1 Å². The smallest absolute Gasteiger partial charge is 0.338 e.